The van der Waals surface area contributed by atoms with E-state index in [0.717, 1.165) is 17.2 Å². The monoisotopic (exact) mass is 340 g/mol. The Morgan fingerprint density at radius 1 is 1.20 bits per heavy atom. The van der Waals surface area contributed by atoms with E-state index in [4.69, 9.17) is 13.8 Å². The van der Waals surface area contributed by atoms with Gasteiger partial charge in [-0.1, -0.05) is 35.1 Å². The SMILES string of the molecule is C=CC(=O)OCCCc1nc(-c2cccc(-c3noc(C)n3)c2)no1. The Hall–Kier alpha value is -3.29. The maximum atomic E-state index is 11.0. The molecule has 3 aromatic rings. The fraction of sp³-hybridized carbons (Fsp3) is 0.235. The summed E-state index contributed by atoms with van der Waals surface area (Å²) in [5, 5.41) is 7.88. The van der Waals surface area contributed by atoms with Crippen molar-refractivity contribution in [2.75, 3.05) is 6.61 Å². The molecule has 0 fully saturated rings. The summed E-state index contributed by atoms with van der Waals surface area (Å²) < 4.78 is 15.1. The minimum absolute atomic E-state index is 0.273. The zero-order chi connectivity index (χ0) is 17.6. The number of hydrogen-bond donors (Lipinski definition) is 0. The fourth-order valence-electron chi connectivity index (χ4n) is 2.14. The minimum atomic E-state index is -0.445. The summed E-state index contributed by atoms with van der Waals surface area (Å²) in [6.07, 6.45) is 2.23. The van der Waals surface area contributed by atoms with E-state index in [9.17, 15) is 4.79 Å². The Labute approximate surface area is 143 Å². The first-order valence-electron chi connectivity index (χ1n) is 7.68. The summed E-state index contributed by atoms with van der Waals surface area (Å²) in [5.74, 6) is 1.51. The molecule has 2 heterocycles. The minimum Gasteiger partial charge on any atom is -0.463 e. The average Bonchev–Trinajstić information content (AvgIpc) is 3.28. The van der Waals surface area contributed by atoms with E-state index >= 15 is 0 Å². The third-order valence-electron chi connectivity index (χ3n) is 3.32. The summed E-state index contributed by atoms with van der Waals surface area (Å²) in [5.41, 5.74) is 1.59. The van der Waals surface area contributed by atoms with Gasteiger partial charge in [0.25, 0.3) is 0 Å². The Bertz CT molecular complexity index is 884. The second-order valence-electron chi connectivity index (χ2n) is 5.20. The smallest absolute Gasteiger partial charge is 0.330 e. The van der Waals surface area contributed by atoms with E-state index in [1.54, 1.807) is 6.92 Å². The maximum Gasteiger partial charge on any atom is 0.330 e. The topological polar surface area (TPSA) is 104 Å². The molecule has 0 aliphatic carbocycles. The molecule has 1 aromatic carbocycles. The highest BCUT2D eigenvalue weighted by molar-refractivity contribution is 5.81. The van der Waals surface area contributed by atoms with Gasteiger partial charge >= 0.3 is 5.97 Å². The molecule has 128 valence electrons. The van der Waals surface area contributed by atoms with E-state index in [0.29, 0.717) is 36.3 Å². The maximum absolute atomic E-state index is 11.0. The second kappa shape index (κ2) is 7.52. The highest BCUT2D eigenvalue weighted by atomic mass is 16.5. The van der Waals surface area contributed by atoms with Crippen molar-refractivity contribution in [3.63, 3.8) is 0 Å². The number of rotatable bonds is 7. The van der Waals surface area contributed by atoms with Crippen LogP contribution in [-0.4, -0.2) is 32.9 Å². The number of esters is 1. The van der Waals surface area contributed by atoms with Crippen molar-refractivity contribution < 1.29 is 18.6 Å². The van der Waals surface area contributed by atoms with E-state index in [1.807, 2.05) is 24.3 Å². The standard InChI is InChI=1S/C17H16N4O4/c1-3-15(22)23-9-5-8-14-19-17(21-25-14)13-7-4-6-12(10-13)16-18-11(2)24-20-16/h3-4,6-7,10H,1,5,8-9H2,2H3. The lowest BCUT2D eigenvalue weighted by molar-refractivity contribution is -0.137. The van der Waals surface area contributed by atoms with Gasteiger partial charge in [0.2, 0.25) is 23.4 Å². The lowest BCUT2D eigenvalue weighted by Crippen LogP contribution is -2.02. The zero-order valence-electron chi connectivity index (χ0n) is 13.6. The summed E-state index contributed by atoms with van der Waals surface area (Å²) in [4.78, 5) is 19.5. The predicted octanol–water partition coefficient (Wildman–Crippen LogP) is 2.76. The van der Waals surface area contributed by atoms with Crippen molar-refractivity contribution in [3.8, 4) is 22.8 Å². The highest BCUT2D eigenvalue weighted by Crippen LogP contribution is 2.23. The summed E-state index contributed by atoms with van der Waals surface area (Å²) in [7, 11) is 0. The van der Waals surface area contributed by atoms with Gasteiger partial charge in [-0.15, -0.1) is 0 Å². The number of aryl methyl sites for hydroxylation is 2. The van der Waals surface area contributed by atoms with Gasteiger partial charge in [0.05, 0.1) is 6.61 Å². The Morgan fingerprint density at radius 2 is 1.92 bits per heavy atom. The molecule has 0 aliphatic heterocycles. The molecule has 0 saturated carbocycles. The molecule has 2 aromatic heterocycles. The Morgan fingerprint density at radius 3 is 2.60 bits per heavy atom. The van der Waals surface area contributed by atoms with Crippen molar-refractivity contribution in [1.82, 2.24) is 20.3 Å². The molecular weight excluding hydrogens is 324 g/mol. The van der Waals surface area contributed by atoms with Gasteiger partial charge in [-0.3, -0.25) is 0 Å². The molecule has 0 atom stereocenters. The van der Waals surface area contributed by atoms with Crippen LogP contribution in [-0.2, 0) is 16.0 Å². The van der Waals surface area contributed by atoms with Crippen LogP contribution in [0.1, 0.15) is 18.2 Å². The summed E-state index contributed by atoms with van der Waals surface area (Å²) in [6, 6.07) is 7.48. The molecular formula is C17H16N4O4. The molecule has 0 bridgehead atoms. The van der Waals surface area contributed by atoms with Crippen LogP contribution in [0.2, 0.25) is 0 Å². The molecule has 0 spiro atoms. The van der Waals surface area contributed by atoms with Gasteiger partial charge in [-0.25, -0.2) is 4.79 Å². The largest absolute Gasteiger partial charge is 0.463 e. The molecule has 0 unspecified atom stereocenters. The molecule has 0 aliphatic rings. The molecule has 0 amide bonds. The first kappa shape index (κ1) is 16.6. The molecule has 8 heteroatoms. The van der Waals surface area contributed by atoms with Gasteiger partial charge in [0.15, 0.2) is 0 Å². The molecule has 0 N–H and O–H groups in total. The lowest BCUT2D eigenvalue weighted by atomic mass is 10.1. The van der Waals surface area contributed by atoms with Crippen LogP contribution >= 0.6 is 0 Å². The van der Waals surface area contributed by atoms with Gasteiger partial charge in [-0.2, -0.15) is 9.97 Å². The molecule has 3 rings (SSSR count). The molecule has 25 heavy (non-hydrogen) atoms. The number of hydrogen-bond acceptors (Lipinski definition) is 8. The van der Waals surface area contributed by atoms with Crippen molar-refractivity contribution in [2.24, 2.45) is 0 Å². The zero-order valence-corrected chi connectivity index (χ0v) is 13.6. The second-order valence-corrected chi connectivity index (χ2v) is 5.20. The number of benzene rings is 1. The normalized spacial score (nSPS) is 10.6. The third-order valence-corrected chi connectivity index (χ3v) is 3.32. The average molecular weight is 340 g/mol. The number of carbonyl (C=O) groups is 1. The van der Waals surface area contributed by atoms with Crippen LogP contribution in [0.3, 0.4) is 0 Å². The van der Waals surface area contributed by atoms with Gasteiger partial charge < -0.3 is 13.8 Å². The van der Waals surface area contributed by atoms with E-state index in [-0.39, 0.29) is 6.61 Å². The molecule has 8 nitrogen and oxygen atoms in total. The summed E-state index contributed by atoms with van der Waals surface area (Å²) in [6.45, 7) is 5.34. The van der Waals surface area contributed by atoms with E-state index in [1.165, 1.54) is 0 Å². The Kier molecular flexibility index (Phi) is 4.98. The van der Waals surface area contributed by atoms with E-state index in [2.05, 4.69) is 26.9 Å². The van der Waals surface area contributed by atoms with Crippen molar-refractivity contribution in [1.29, 1.82) is 0 Å². The quantitative estimate of drug-likeness (QED) is 0.367. The van der Waals surface area contributed by atoms with Crippen molar-refractivity contribution in [3.05, 3.63) is 48.7 Å². The predicted molar refractivity (Wildman–Crippen MR) is 87.2 cm³/mol. The van der Waals surface area contributed by atoms with Crippen LogP contribution in [0.4, 0.5) is 0 Å². The molecule has 0 saturated heterocycles. The highest BCUT2D eigenvalue weighted by Gasteiger charge is 2.12. The number of ether oxygens (including phenoxy) is 1. The van der Waals surface area contributed by atoms with Gasteiger partial charge in [0.1, 0.15) is 0 Å². The molecule has 0 radical (unpaired) electrons. The first-order chi connectivity index (χ1) is 12.2. The van der Waals surface area contributed by atoms with Crippen LogP contribution in [0.15, 0.2) is 46.0 Å². The van der Waals surface area contributed by atoms with Gasteiger partial charge in [0, 0.05) is 30.5 Å². The van der Waals surface area contributed by atoms with Crippen molar-refractivity contribution in [2.45, 2.75) is 19.8 Å². The first-order valence-corrected chi connectivity index (χ1v) is 7.68. The van der Waals surface area contributed by atoms with Crippen LogP contribution < -0.4 is 0 Å². The summed E-state index contributed by atoms with van der Waals surface area (Å²) >= 11 is 0. The van der Waals surface area contributed by atoms with Crippen LogP contribution in [0.25, 0.3) is 22.8 Å². The van der Waals surface area contributed by atoms with E-state index < -0.39 is 5.97 Å². The fourth-order valence-corrected chi connectivity index (χ4v) is 2.14. The third kappa shape index (κ3) is 4.17. The Balaban J connectivity index is 1.66. The number of nitrogens with zero attached hydrogens (tertiary/aromatic N) is 4. The van der Waals surface area contributed by atoms with Crippen molar-refractivity contribution >= 4 is 5.97 Å². The number of aromatic nitrogens is 4. The van der Waals surface area contributed by atoms with Gasteiger partial charge in [-0.05, 0) is 12.5 Å². The number of carbonyl (C=O) groups excluding carboxylic acids is 1. The van der Waals surface area contributed by atoms with Crippen LogP contribution in [0.5, 0.6) is 0 Å². The lowest BCUT2D eigenvalue weighted by Gasteiger charge is -1.99. The van der Waals surface area contributed by atoms with Crippen LogP contribution in [0, 0.1) is 6.92 Å².